The number of aliphatic hydroxyl groups is 1. The van der Waals surface area contributed by atoms with Crippen molar-refractivity contribution in [2.24, 2.45) is 0 Å². The molecule has 1 rings (SSSR count). The first-order valence-electron chi connectivity index (χ1n) is 5.50. The largest absolute Gasteiger partial charge is 0.389 e. The first-order valence-corrected chi connectivity index (χ1v) is 5.50. The third-order valence-corrected chi connectivity index (χ3v) is 2.68. The van der Waals surface area contributed by atoms with Crippen LogP contribution >= 0.6 is 0 Å². The molecule has 0 saturated carbocycles. The van der Waals surface area contributed by atoms with Crippen molar-refractivity contribution in [2.45, 2.75) is 45.1 Å². The third kappa shape index (κ3) is 3.76. The molecule has 82 valence electrons. The zero-order valence-corrected chi connectivity index (χ0v) is 9.25. The van der Waals surface area contributed by atoms with Gasteiger partial charge in [-0.2, -0.15) is 0 Å². The lowest BCUT2D eigenvalue weighted by Gasteiger charge is -2.36. The molecule has 0 bridgehead atoms. The van der Waals surface area contributed by atoms with Crippen molar-refractivity contribution in [1.82, 2.24) is 4.90 Å². The molecule has 14 heavy (non-hydrogen) atoms. The molecule has 1 fully saturated rings. The number of β-amino-alcohol motifs (C(OH)–C–C–N with tert-alkyl or cyclic N) is 1. The fourth-order valence-corrected chi connectivity index (χ4v) is 2.07. The Morgan fingerprint density at radius 1 is 1.57 bits per heavy atom. The monoisotopic (exact) mass is 199 g/mol. The second-order valence-corrected chi connectivity index (χ2v) is 4.60. The topological polar surface area (TPSA) is 40.5 Å². The smallest absolute Gasteiger partial charge is 0.146 e. The van der Waals surface area contributed by atoms with Crippen LogP contribution < -0.4 is 0 Å². The highest BCUT2D eigenvalue weighted by atomic mass is 16.3. The number of carbonyl (C=O) groups excluding carboxylic acids is 1. The highest BCUT2D eigenvalue weighted by molar-refractivity contribution is 5.80. The summed E-state index contributed by atoms with van der Waals surface area (Å²) in [4.78, 5) is 13.5. The SMILES string of the molecule is CCCC(=O)CN1CCCC(C)(O)C1. The Morgan fingerprint density at radius 3 is 2.86 bits per heavy atom. The highest BCUT2D eigenvalue weighted by Crippen LogP contribution is 2.19. The van der Waals surface area contributed by atoms with Crippen LogP contribution in [0.4, 0.5) is 0 Å². The fourth-order valence-electron chi connectivity index (χ4n) is 2.07. The first-order chi connectivity index (χ1) is 6.53. The molecule has 0 radical (unpaired) electrons. The lowest BCUT2D eigenvalue weighted by atomic mass is 9.95. The van der Waals surface area contributed by atoms with E-state index in [0.29, 0.717) is 25.3 Å². The molecule has 1 atom stereocenters. The molecule has 1 aliphatic rings. The van der Waals surface area contributed by atoms with Crippen molar-refractivity contribution in [3.63, 3.8) is 0 Å². The number of ketones is 1. The summed E-state index contributed by atoms with van der Waals surface area (Å²) in [5, 5.41) is 9.83. The quantitative estimate of drug-likeness (QED) is 0.739. The lowest BCUT2D eigenvalue weighted by Crippen LogP contribution is -2.47. The number of hydrogen-bond acceptors (Lipinski definition) is 3. The summed E-state index contributed by atoms with van der Waals surface area (Å²) in [6, 6.07) is 0. The van der Waals surface area contributed by atoms with E-state index in [9.17, 15) is 9.90 Å². The van der Waals surface area contributed by atoms with Crippen molar-refractivity contribution < 1.29 is 9.90 Å². The summed E-state index contributed by atoms with van der Waals surface area (Å²) in [5.74, 6) is 0.296. The number of carbonyl (C=O) groups is 1. The molecule has 0 amide bonds. The molecular weight excluding hydrogens is 178 g/mol. The normalized spacial score (nSPS) is 29.1. The van der Waals surface area contributed by atoms with Gasteiger partial charge in [-0.05, 0) is 32.7 Å². The summed E-state index contributed by atoms with van der Waals surface area (Å²) in [6.07, 6.45) is 3.43. The minimum atomic E-state index is -0.593. The average Bonchev–Trinajstić information content (AvgIpc) is 2.02. The van der Waals surface area contributed by atoms with Crippen LogP contribution in [0.15, 0.2) is 0 Å². The van der Waals surface area contributed by atoms with E-state index in [4.69, 9.17) is 0 Å². The predicted octanol–water partition coefficient (Wildman–Crippen LogP) is 1.20. The molecule has 1 aliphatic heterocycles. The molecule has 1 unspecified atom stereocenters. The number of nitrogens with zero attached hydrogens (tertiary/aromatic N) is 1. The Kier molecular flexibility index (Phi) is 4.08. The van der Waals surface area contributed by atoms with Gasteiger partial charge in [-0.25, -0.2) is 0 Å². The molecule has 3 heteroatoms. The molecule has 0 aromatic rings. The maximum atomic E-state index is 11.4. The standard InChI is InChI=1S/C11H21NO2/c1-3-5-10(13)8-12-7-4-6-11(2,14)9-12/h14H,3-9H2,1-2H3. The van der Waals surface area contributed by atoms with Crippen LogP contribution in [0.25, 0.3) is 0 Å². The Bertz CT molecular complexity index is 201. The highest BCUT2D eigenvalue weighted by Gasteiger charge is 2.28. The Morgan fingerprint density at radius 2 is 2.29 bits per heavy atom. The van der Waals surface area contributed by atoms with Gasteiger partial charge in [0.25, 0.3) is 0 Å². The van der Waals surface area contributed by atoms with Crippen LogP contribution in [0.3, 0.4) is 0 Å². The van der Waals surface area contributed by atoms with Gasteiger partial charge in [-0.15, -0.1) is 0 Å². The van der Waals surface area contributed by atoms with Gasteiger partial charge in [-0.1, -0.05) is 6.92 Å². The summed E-state index contributed by atoms with van der Waals surface area (Å²) in [6.45, 7) is 5.98. The minimum Gasteiger partial charge on any atom is -0.389 e. The van der Waals surface area contributed by atoms with Crippen LogP contribution in [0.5, 0.6) is 0 Å². The second kappa shape index (κ2) is 4.89. The first kappa shape index (κ1) is 11.7. The molecule has 0 spiro atoms. The summed E-state index contributed by atoms with van der Waals surface area (Å²) >= 11 is 0. The van der Waals surface area contributed by atoms with Gasteiger partial charge < -0.3 is 5.11 Å². The zero-order valence-electron chi connectivity index (χ0n) is 9.25. The summed E-state index contributed by atoms with van der Waals surface area (Å²) < 4.78 is 0. The zero-order chi connectivity index (χ0) is 10.6. The minimum absolute atomic E-state index is 0.296. The molecule has 1 saturated heterocycles. The van der Waals surface area contributed by atoms with E-state index >= 15 is 0 Å². The molecular formula is C11H21NO2. The maximum Gasteiger partial charge on any atom is 0.146 e. The van der Waals surface area contributed by atoms with Gasteiger partial charge in [0.1, 0.15) is 5.78 Å². The van der Waals surface area contributed by atoms with E-state index in [2.05, 4.69) is 4.90 Å². The molecule has 3 nitrogen and oxygen atoms in total. The lowest BCUT2D eigenvalue weighted by molar-refractivity contribution is -0.121. The van der Waals surface area contributed by atoms with E-state index in [1.807, 2.05) is 13.8 Å². The van der Waals surface area contributed by atoms with E-state index < -0.39 is 5.60 Å². The van der Waals surface area contributed by atoms with Crippen molar-refractivity contribution in [1.29, 1.82) is 0 Å². The van der Waals surface area contributed by atoms with Gasteiger partial charge in [-0.3, -0.25) is 9.69 Å². The maximum absolute atomic E-state index is 11.4. The molecule has 0 aromatic carbocycles. The van der Waals surface area contributed by atoms with Gasteiger partial charge in [0.15, 0.2) is 0 Å². The van der Waals surface area contributed by atoms with E-state index in [-0.39, 0.29) is 0 Å². The van der Waals surface area contributed by atoms with E-state index in [1.54, 1.807) is 0 Å². The number of hydrogen-bond donors (Lipinski definition) is 1. The molecule has 1 heterocycles. The number of rotatable bonds is 4. The number of piperidine rings is 1. The van der Waals surface area contributed by atoms with Crippen molar-refractivity contribution in [3.8, 4) is 0 Å². The molecule has 0 aliphatic carbocycles. The van der Waals surface area contributed by atoms with Gasteiger partial charge in [0.2, 0.25) is 0 Å². The summed E-state index contributed by atoms with van der Waals surface area (Å²) in [5.41, 5.74) is -0.593. The third-order valence-electron chi connectivity index (χ3n) is 2.68. The Balaban J connectivity index is 2.34. The Labute approximate surface area is 86.1 Å². The van der Waals surface area contributed by atoms with Crippen molar-refractivity contribution >= 4 is 5.78 Å². The van der Waals surface area contributed by atoms with Crippen molar-refractivity contribution in [2.75, 3.05) is 19.6 Å². The fraction of sp³-hybridized carbons (Fsp3) is 0.909. The number of Topliss-reactive ketones (excluding diaryl/α,β-unsaturated/α-hetero) is 1. The van der Waals surface area contributed by atoms with E-state index in [0.717, 1.165) is 25.8 Å². The van der Waals surface area contributed by atoms with Crippen molar-refractivity contribution in [3.05, 3.63) is 0 Å². The molecule has 0 aromatic heterocycles. The van der Waals surface area contributed by atoms with E-state index in [1.165, 1.54) is 0 Å². The summed E-state index contributed by atoms with van der Waals surface area (Å²) in [7, 11) is 0. The van der Waals surface area contributed by atoms with Crippen LogP contribution in [-0.2, 0) is 4.79 Å². The second-order valence-electron chi connectivity index (χ2n) is 4.60. The average molecular weight is 199 g/mol. The van der Waals surface area contributed by atoms with Crippen LogP contribution in [-0.4, -0.2) is 41.0 Å². The van der Waals surface area contributed by atoms with Gasteiger partial charge >= 0.3 is 0 Å². The van der Waals surface area contributed by atoms with Gasteiger partial charge in [0, 0.05) is 13.0 Å². The predicted molar refractivity (Wildman–Crippen MR) is 56.2 cm³/mol. The Hall–Kier alpha value is -0.410. The molecule has 1 N–H and O–H groups in total. The van der Waals surface area contributed by atoms with Crippen LogP contribution in [0, 0.1) is 0 Å². The van der Waals surface area contributed by atoms with Gasteiger partial charge in [0.05, 0.1) is 12.1 Å². The van der Waals surface area contributed by atoms with Crippen LogP contribution in [0.1, 0.15) is 39.5 Å². The van der Waals surface area contributed by atoms with Crippen LogP contribution in [0.2, 0.25) is 0 Å². The number of likely N-dealkylation sites (tertiary alicyclic amines) is 1.